The van der Waals surface area contributed by atoms with Crippen molar-refractivity contribution in [3.63, 3.8) is 0 Å². The second kappa shape index (κ2) is 3.10. The molecule has 13 heavy (non-hydrogen) atoms. The quantitative estimate of drug-likeness (QED) is 0.682. The number of hydrogen-bond donors (Lipinski definition) is 2. The SMILES string of the molecule is NOCc1ccccc1C1(O)CC1. The molecule has 70 valence electrons. The van der Waals surface area contributed by atoms with E-state index in [1.165, 1.54) is 0 Å². The van der Waals surface area contributed by atoms with Crippen molar-refractivity contribution in [2.24, 2.45) is 5.90 Å². The molecule has 0 amide bonds. The average molecular weight is 179 g/mol. The second-order valence-corrected chi connectivity index (χ2v) is 3.50. The van der Waals surface area contributed by atoms with Crippen LogP contribution in [0.3, 0.4) is 0 Å². The minimum atomic E-state index is -0.602. The van der Waals surface area contributed by atoms with Gasteiger partial charge in [0.25, 0.3) is 0 Å². The van der Waals surface area contributed by atoms with Crippen LogP contribution >= 0.6 is 0 Å². The van der Waals surface area contributed by atoms with Gasteiger partial charge >= 0.3 is 0 Å². The maximum atomic E-state index is 9.91. The summed E-state index contributed by atoms with van der Waals surface area (Å²) in [5.74, 6) is 5.01. The summed E-state index contributed by atoms with van der Waals surface area (Å²) in [5, 5.41) is 9.91. The Hall–Kier alpha value is -0.900. The Morgan fingerprint density at radius 2 is 2.08 bits per heavy atom. The van der Waals surface area contributed by atoms with E-state index in [0.29, 0.717) is 6.61 Å². The molecule has 1 fully saturated rings. The van der Waals surface area contributed by atoms with Crippen LogP contribution in [0, 0.1) is 0 Å². The Balaban J connectivity index is 2.32. The van der Waals surface area contributed by atoms with E-state index in [9.17, 15) is 5.11 Å². The van der Waals surface area contributed by atoms with Crippen LogP contribution in [0.4, 0.5) is 0 Å². The van der Waals surface area contributed by atoms with E-state index >= 15 is 0 Å². The summed E-state index contributed by atoms with van der Waals surface area (Å²) >= 11 is 0. The minimum absolute atomic E-state index is 0.360. The molecule has 0 radical (unpaired) electrons. The Morgan fingerprint density at radius 3 is 2.69 bits per heavy atom. The van der Waals surface area contributed by atoms with Crippen LogP contribution in [0.25, 0.3) is 0 Å². The third-order valence-electron chi connectivity index (χ3n) is 2.48. The molecule has 1 aromatic rings. The predicted octanol–water partition coefficient (Wildman–Crippen LogP) is 1.06. The first-order chi connectivity index (χ1) is 6.26. The minimum Gasteiger partial charge on any atom is -0.385 e. The Bertz CT molecular complexity index is 308. The largest absolute Gasteiger partial charge is 0.385 e. The van der Waals surface area contributed by atoms with E-state index < -0.39 is 5.60 Å². The molecule has 1 aliphatic rings. The summed E-state index contributed by atoms with van der Waals surface area (Å²) in [5.41, 5.74) is 1.33. The van der Waals surface area contributed by atoms with Crippen LogP contribution < -0.4 is 5.90 Å². The lowest BCUT2D eigenvalue weighted by atomic mass is 10.0. The van der Waals surface area contributed by atoms with Crippen LogP contribution in [0.5, 0.6) is 0 Å². The van der Waals surface area contributed by atoms with Crippen molar-refractivity contribution in [2.45, 2.75) is 25.0 Å². The molecule has 0 unspecified atom stereocenters. The maximum Gasteiger partial charge on any atom is 0.0933 e. The number of rotatable bonds is 3. The molecule has 0 saturated heterocycles. The number of aliphatic hydroxyl groups is 1. The molecule has 0 aliphatic heterocycles. The highest BCUT2D eigenvalue weighted by molar-refractivity contribution is 5.35. The van der Waals surface area contributed by atoms with E-state index in [4.69, 9.17) is 5.90 Å². The monoisotopic (exact) mass is 179 g/mol. The predicted molar refractivity (Wildman–Crippen MR) is 48.5 cm³/mol. The zero-order valence-corrected chi connectivity index (χ0v) is 7.36. The fourth-order valence-electron chi connectivity index (χ4n) is 1.58. The number of nitrogens with two attached hydrogens (primary N) is 1. The van der Waals surface area contributed by atoms with E-state index in [2.05, 4.69) is 4.84 Å². The van der Waals surface area contributed by atoms with Crippen LogP contribution in [-0.4, -0.2) is 5.11 Å². The van der Waals surface area contributed by atoms with Gasteiger partial charge in [-0.1, -0.05) is 24.3 Å². The molecule has 3 N–H and O–H groups in total. The summed E-state index contributed by atoms with van der Waals surface area (Å²) in [6.45, 7) is 0.360. The number of hydrogen-bond acceptors (Lipinski definition) is 3. The lowest BCUT2D eigenvalue weighted by molar-refractivity contribution is 0.114. The highest BCUT2D eigenvalue weighted by atomic mass is 16.6. The van der Waals surface area contributed by atoms with Gasteiger partial charge in [-0.05, 0) is 24.0 Å². The molecule has 0 heterocycles. The van der Waals surface area contributed by atoms with Crippen molar-refractivity contribution in [3.05, 3.63) is 35.4 Å². The summed E-state index contributed by atoms with van der Waals surface area (Å²) in [6.07, 6.45) is 1.68. The van der Waals surface area contributed by atoms with E-state index in [1.807, 2.05) is 24.3 Å². The molecule has 3 nitrogen and oxygen atoms in total. The Labute approximate surface area is 77.1 Å². The van der Waals surface area contributed by atoms with Gasteiger partial charge in [0.05, 0.1) is 12.2 Å². The summed E-state index contributed by atoms with van der Waals surface area (Å²) in [6, 6.07) is 7.70. The number of benzene rings is 1. The fraction of sp³-hybridized carbons (Fsp3) is 0.400. The van der Waals surface area contributed by atoms with Gasteiger partial charge in [0.15, 0.2) is 0 Å². The highest BCUT2D eigenvalue weighted by Crippen LogP contribution is 2.46. The van der Waals surface area contributed by atoms with Gasteiger partial charge in [-0.15, -0.1) is 0 Å². The molecule has 1 aromatic carbocycles. The van der Waals surface area contributed by atoms with Gasteiger partial charge in [0.1, 0.15) is 0 Å². The first kappa shape index (κ1) is 8.69. The lowest BCUT2D eigenvalue weighted by Gasteiger charge is -2.12. The van der Waals surface area contributed by atoms with Gasteiger partial charge in [-0.25, -0.2) is 5.90 Å². The maximum absolute atomic E-state index is 9.91. The fourth-order valence-corrected chi connectivity index (χ4v) is 1.58. The molecule has 3 heteroatoms. The molecular formula is C10H13NO2. The average Bonchev–Trinajstić information content (AvgIpc) is 2.86. The van der Waals surface area contributed by atoms with Crippen LogP contribution in [0.15, 0.2) is 24.3 Å². The van der Waals surface area contributed by atoms with E-state index in [1.54, 1.807) is 0 Å². The van der Waals surface area contributed by atoms with Gasteiger partial charge in [-0.3, -0.25) is 4.84 Å². The van der Waals surface area contributed by atoms with Crippen LogP contribution in [0.1, 0.15) is 24.0 Å². The van der Waals surface area contributed by atoms with Gasteiger partial charge in [0.2, 0.25) is 0 Å². The zero-order valence-electron chi connectivity index (χ0n) is 7.36. The highest BCUT2D eigenvalue weighted by Gasteiger charge is 2.43. The molecule has 0 spiro atoms. The first-order valence-electron chi connectivity index (χ1n) is 4.39. The van der Waals surface area contributed by atoms with Crippen molar-refractivity contribution in [1.29, 1.82) is 0 Å². The van der Waals surface area contributed by atoms with E-state index in [-0.39, 0.29) is 0 Å². The summed E-state index contributed by atoms with van der Waals surface area (Å²) in [4.78, 5) is 4.58. The Kier molecular flexibility index (Phi) is 2.07. The van der Waals surface area contributed by atoms with Crippen molar-refractivity contribution in [3.8, 4) is 0 Å². The standard InChI is InChI=1S/C10H13NO2/c11-13-7-8-3-1-2-4-9(8)10(12)5-6-10/h1-4,12H,5-7,11H2. The smallest absolute Gasteiger partial charge is 0.0933 e. The summed E-state index contributed by atoms with van der Waals surface area (Å²) < 4.78 is 0. The lowest BCUT2D eigenvalue weighted by Crippen LogP contribution is -2.10. The third kappa shape index (κ3) is 1.58. The summed E-state index contributed by atoms with van der Waals surface area (Å²) in [7, 11) is 0. The van der Waals surface area contributed by atoms with Crippen molar-refractivity contribution in [2.75, 3.05) is 0 Å². The normalized spacial score (nSPS) is 18.6. The van der Waals surface area contributed by atoms with Crippen LogP contribution in [-0.2, 0) is 17.0 Å². The molecule has 0 bridgehead atoms. The molecular weight excluding hydrogens is 166 g/mol. The van der Waals surface area contributed by atoms with Crippen LogP contribution in [0.2, 0.25) is 0 Å². The third-order valence-corrected chi connectivity index (χ3v) is 2.48. The van der Waals surface area contributed by atoms with Crippen molar-refractivity contribution >= 4 is 0 Å². The molecule has 0 atom stereocenters. The van der Waals surface area contributed by atoms with Gasteiger partial charge in [0, 0.05) is 0 Å². The van der Waals surface area contributed by atoms with Gasteiger partial charge in [-0.2, -0.15) is 0 Å². The molecule has 2 rings (SSSR count). The molecule has 1 aliphatic carbocycles. The van der Waals surface area contributed by atoms with E-state index in [0.717, 1.165) is 24.0 Å². The molecule has 1 saturated carbocycles. The van der Waals surface area contributed by atoms with Gasteiger partial charge < -0.3 is 5.11 Å². The second-order valence-electron chi connectivity index (χ2n) is 3.50. The first-order valence-corrected chi connectivity index (χ1v) is 4.39. The van der Waals surface area contributed by atoms with Crippen molar-refractivity contribution in [1.82, 2.24) is 0 Å². The molecule has 0 aromatic heterocycles. The Morgan fingerprint density at radius 1 is 1.38 bits per heavy atom. The topological polar surface area (TPSA) is 55.5 Å². The van der Waals surface area contributed by atoms with Crippen molar-refractivity contribution < 1.29 is 9.94 Å². The zero-order chi connectivity index (χ0) is 9.31.